The quantitative estimate of drug-likeness (QED) is 0.713. The van der Waals surface area contributed by atoms with Crippen molar-refractivity contribution in [3.05, 3.63) is 35.4 Å². The first-order chi connectivity index (χ1) is 7.31. The topological polar surface area (TPSA) is 20.3 Å². The minimum absolute atomic E-state index is 0.145. The first kappa shape index (κ1) is 10.6. The summed E-state index contributed by atoms with van der Waals surface area (Å²) in [4.78, 5) is 13.4. The molecule has 1 aromatic rings. The molecule has 2 nitrogen and oxygen atoms in total. The zero-order valence-electron chi connectivity index (χ0n) is 8.65. The predicted octanol–water partition coefficient (Wildman–Crippen LogP) is 1.54. The maximum absolute atomic E-state index is 11.5. The molecule has 1 aromatic carbocycles. The predicted molar refractivity (Wildman–Crippen MR) is 64.3 cm³/mol. The van der Waals surface area contributed by atoms with Gasteiger partial charge in [-0.1, -0.05) is 24.3 Å². The summed E-state index contributed by atoms with van der Waals surface area (Å²) in [6, 6.07) is 8.44. The Labute approximate surface area is 95.7 Å². The molecule has 1 aliphatic heterocycles. The minimum atomic E-state index is 0.145. The Morgan fingerprint density at radius 2 is 1.73 bits per heavy atom. The summed E-state index contributed by atoms with van der Waals surface area (Å²) in [5.74, 6) is 0.460. The van der Waals surface area contributed by atoms with Crippen molar-refractivity contribution in [2.24, 2.45) is 0 Å². The first-order valence-corrected chi connectivity index (χ1v) is 5.90. The van der Waals surface area contributed by atoms with E-state index in [1.807, 2.05) is 4.90 Å². The number of nitrogens with zero attached hydrogens (tertiary/aromatic N) is 1. The maximum Gasteiger partial charge on any atom is 0.232 e. The minimum Gasteiger partial charge on any atom is -0.341 e. The lowest BCUT2D eigenvalue weighted by molar-refractivity contribution is -0.128. The van der Waals surface area contributed by atoms with Crippen molar-refractivity contribution < 1.29 is 4.79 Å². The molecule has 1 amide bonds. The Morgan fingerprint density at radius 3 is 2.20 bits per heavy atom. The fourth-order valence-corrected chi connectivity index (χ4v) is 2.22. The lowest BCUT2D eigenvalue weighted by atomic mass is 10.0. The van der Waals surface area contributed by atoms with Gasteiger partial charge < -0.3 is 4.90 Å². The molecule has 0 atom stereocenters. The summed E-state index contributed by atoms with van der Waals surface area (Å²) >= 11 is 4.03. The average molecular weight is 221 g/mol. The van der Waals surface area contributed by atoms with E-state index in [1.54, 1.807) is 0 Å². The molecule has 0 unspecified atom stereocenters. The largest absolute Gasteiger partial charge is 0.341 e. The van der Waals surface area contributed by atoms with Gasteiger partial charge in [-0.2, -0.15) is 12.6 Å². The SMILES string of the molecule is O=C(CS)N1CCc2ccccc2CC1. The van der Waals surface area contributed by atoms with Crippen molar-refractivity contribution in [3.8, 4) is 0 Å². The van der Waals surface area contributed by atoms with Crippen LogP contribution in [0, 0.1) is 0 Å². The van der Waals surface area contributed by atoms with Crippen LogP contribution in [0.3, 0.4) is 0 Å². The van der Waals surface area contributed by atoms with E-state index in [0.29, 0.717) is 5.75 Å². The van der Waals surface area contributed by atoms with Gasteiger partial charge in [-0.15, -0.1) is 0 Å². The highest BCUT2D eigenvalue weighted by Crippen LogP contribution is 2.15. The van der Waals surface area contributed by atoms with Crippen molar-refractivity contribution in [1.29, 1.82) is 0 Å². The van der Waals surface area contributed by atoms with Crippen LogP contribution < -0.4 is 0 Å². The Balaban J connectivity index is 2.12. The van der Waals surface area contributed by atoms with Gasteiger partial charge in [0, 0.05) is 13.1 Å². The number of thiol groups is 1. The zero-order valence-corrected chi connectivity index (χ0v) is 9.54. The molecule has 0 aliphatic carbocycles. The van der Waals surface area contributed by atoms with E-state index < -0.39 is 0 Å². The second-order valence-corrected chi connectivity index (χ2v) is 4.12. The molecule has 0 saturated heterocycles. The highest BCUT2D eigenvalue weighted by atomic mass is 32.1. The molecule has 1 aliphatic rings. The summed E-state index contributed by atoms with van der Waals surface area (Å²) in [6.07, 6.45) is 1.94. The molecule has 0 radical (unpaired) electrons. The highest BCUT2D eigenvalue weighted by molar-refractivity contribution is 7.81. The third kappa shape index (κ3) is 2.34. The van der Waals surface area contributed by atoms with Gasteiger partial charge >= 0.3 is 0 Å². The van der Waals surface area contributed by atoms with Gasteiger partial charge in [0.15, 0.2) is 0 Å². The molecule has 0 spiro atoms. The van der Waals surface area contributed by atoms with Gasteiger partial charge in [0.25, 0.3) is 0 Å². The number of carbonyl (C=O) groups excluding carboxylic acids is 1. The molecular weight excluding hydrogens is 206 g/mol. The summed E-state index contributed by atoms with van der Waals surface area (Å²) in [5, 5.41) is 0. The molecule has 0 aromatic heterocycles. The van der Waals surface area contributed by atoms with E-state index in [0.717, 1.165) is 25.9 Å². The van der Waals surface area contributed by atoms with Gasteiger partial charge in [-0.25, -0.2) is 0 Å². The number of fused-ring (bicyclic) bond motifs is 1. The fourth-order valence-electron chi connectivity index (χ4n) is 2.02. The van der Waals surface area contributed by atoms with Crippen LogP contribution in [-0.4, -0.2) is 29.6 Å². The van der Waals surface area contributed by atoms with E-state index in [-0.39, 0.29) is 5.91 Å². The molecule has 0 saturated carbocycles. The van der Waals surface area contributed by atoms with E-state index in [9.17, 15) is 4.79 Å². The molecule has 1 heterocycles. The third-order valence-electron chi connectivity index (χ3n) is 2.91. The summed E-state index contributed by atoms with van der Waals surface area (Å²) < 4.78 is 0. The van der Waals surface area contributed by atoms with Gasteiger partial charge in [0.2, 0.25) is 5.91 Å². The lowest BCUT2D eigenvalue weighted by Gasteiger charge is -2.18. The molecule has 15 heavy (non-hydrogen) atoms. The second-order valence-electron chi connectivity index (χ2n) is 3.81. The van der Waals surface area contributed by atoms with Crippen LogP contribution in [0.1, 0.15) is 11.1 Å². The fraction of sp³-hybridized carbons (Fsp3) is 0.417. The van der Waals surface area contributed by atoms with Crippen molar-refractivity contribution in [2.75, 3.05) is 18.8 Å². The van der Waals surface area contributed by atoms with Gasteiger partial charge in [-0.05, 0) is 24.0 Å². The highest BCUT2D eigenvalue weighted by Gasteiger charge is 2.16. The van der Waals surface area contributed by atoms with Crippen molar-refractivity contribution in [3.63, 3.8) is 0 Å². The smallest absolute Gasteiger partial charge is 0.232 e. The van der Waals surface area contributed by atoms with Crippen molar-refractivity contribution >= 4 is 18.5 Å². The third-order valence-corrected chi connectivity index (χ3v) is 3.18. The van der Waals surface area contributed by atoms with Crippen LogP contribution >= 0.6 is 12.6 Å². The van der Waals surface area contributed by atoms with E-state index in [2.05, 4.69) is 36.9 Å². The monoisotopic (exact) mass is 221 g/mol. The van der Waals surface area contributed by atoms with Crippen LogP contribution in [0.4, 0.5) is 0 Å². The number of benzene rings is 1. The van der Waals surface area contributed by atoms with E-state index in [4.69, 9.17) is 0 Å². The number of hydrogen-bond acceptors (Lipinski definition) is 2. The standard InChI is InChI=1S/C12H15NOS/c14-12(9-15)13-7-5-10-3-1-2-4-11(10)6-8-13/h1-4,15H,5-9H2. The second kappa shape index (κ2) is 4.71. The van der Waals surface area contributed by atoms with Crippen molar-refractivity contribution in [2.45, 2.75) is 12.8 Å². The number of rotatable bonds is 1. The molecule has 2 rings (SSSR count). The Morgan fingerprint density at radius 1 is 1.20 bits per heavy atom. The number of amides is 1. The number of hydrogen-bond donors (Lipinski definition) is 1. The van der Waals surface area contributed by atoms with Crippen LogP contribution in [0.2, 0.25) is 0 Å². The lowest BCUT2D eigenvalue weighted by Crippen LogP contribution is -2.34. The number of carbonyl (C=O) groups is 1. The van der Waals surface area contributed by atoms with Crippen LogP contribution in [-0.2, 0) is 17.6 Å². The molecule has 80 valence electrons. The molecule has 3 heteroatoms. The van der Waals surface area contributed by atoms with Crippen LogP contribution in [0.5, 0.6) is 0 Å². The molecule has 0 fully saturated rings. The maximum atomic E-state index is 11.5. The Hall–Kier alpha value is -0.960. The summed E-state index contributed by atoms with van der Waals surface area (Å²) in [5.41, 5.74) is 2.76. The summed E-state index contributed by atoms with van der Waals surface area (Å²) in [7, 11) is 0. The van der Waals surface area contributed by atoms with Gasteiger partial charge in [-0.3, -0.25) is 4.79 Å². The van der Waals surface area contributed by atoms with Crippen LogP contribution in [0.15, 0.2) is 24.3 Å². The summed E-state index contributed by atoms with van der Waals surface area (Å²) in [6.45, 7) is 1.66. The molecular formula is C12H15NOS. The average Bonchev–Trinajstić information content (AvgIpc) is 2.50. The van der Waals surface area contributed by atoms with Gasteiger partial charge in [0.05, 0.1) is 5.75 Å². The van der Waals surface area contributed by atoms with Gasteiger partial charge in [0.1, 0.15) is 0 Å². The first-order valence-electron chi connectivity index (χ1n) is 5.26. The zero-order chi connectivity index (χ0) is 10.7. The Bertz CT molecular complexity index is 337. The van der Waals surface area contributed by atoms with E-state index >= 15 is 0 Å². The molecule has 0 bridgehead atoms. The van der Waals surface area contributed by atoms with E-state index in [1.165, 1.54) is 11.1 Å². The van der Waals surface area contributed by atoms with Crippen molar-refractivity contribution in [1.82, 2.24) is 4.90 Å². The Kier molecular flexibility index (Phi) is 3.31. The van der Waals surface area contributed by atoms with Crippen LogP contribution in [0.25, 0.3) is 0 Å². The molecule has 0 N–H and O–H groups in total. The normalized spacial score (nSPS) is 15.7.